The summed E-state index contributed by atoms with van der Waals surface area (Å²) in [4.78, 5) is 0. The lowest BCUT2D eigenvalue weighted by Gasteiger charge is -2.21. The summed E-state index contributed by atoms with van der Waals surface area (Å²) in [6, 6.07) is 4.36. The monoisotopic (exact) mass is 239 g/mol. The van der Waals surface area contributed by atoms with E-state index in [1.165, 1.54) is 31.4 Å². The van der Waals surface area contributed by atoms with Crippen molar-refractivity contribution in [3.8, 4) is 0 Å². The zero-order valence-electron chi connectivity index (χ0n) is 9.96. The minimum Gasteiger partial charge on any atom is -0.327 e. The van der Waals surface area contributed by atoms with E-state index in [0.29, 0.717) is 5.92 Å². The molecule has 0 amide bonds. The van der Waals surface area contributed by atoms with Gasteiger partial charge in [0.15, 0.2) is 11.6 Å². The smallest absolute Gasteiger partial charge is 0.159 e. The molecule has 0 heterocycles. The summed E-state index contributed by atoms with van der Waals surface area (Å²) in [7, 11) is 0. The van der Waals surface area contributed by atoms with Crippen LogP contribution in [0.2, 0.25) is 0 Å². The first-order valence-electron chi connectivity index (χ1n) is 6.36. The predicted octanol–water partition coefficient (Wildman–Crippen LogP) is 3.41. The van der Waals surface area contributed by atoms with Gasteiger partial charge in [-0.3, -0.25) is 0 Å². The van der Waals surface area contributed by atoms with Crippen LogP contribution in [0.1, 0.15) is 37.7 Å². The second-order valence-corrected chi connectivity index (χ2v) is 5.01. The van der Waals surface area contributed by atoms with Crippen LogP contribution in [-0.4, -0.2) is 6.04 Å². The molecule has 2 rings (SSSR count). The molecule has 1 aliphatic carbocycles. The van der Waals surface area contributed by atoms with E-state index in [9.17, 15) is 8.78 Å². The number of halogens is 2. The van der Waals surface area contributed by atoms with E-state index in [0.717, 1.165) is 24.8 Å². The van der Waals surface area contributed by atoms with Crippen molar-refractivity contribution in [1.82, 2.24) is 0 Å². The van der Waals surface area contributed by atoms with Crippen molar-refractivity contribution < 1.29 is 8.78 Å². The SMILES string of the molecule is NC1CCCCCC1Cc1ccc(F)c(F)c1. The van der Waals surface area contributed by atoms with Gasteiger partial charge in [-0.25, -0.2) is 8.78 Å². The average molecular weight is 239 g/mol. The summed E-state index contributed by atoms with van der Waals surface area (Å²) in [5, 5.41) is 0. The Balaban J connectivity index is 2.05. The van der Waals surface area contributed by atoms with Crippen LogP contribution in [0.3, 0.4) is 0 Å². The van der Waals surface area contributed by atoms with Crippen LogP contribution >= 0.6 is 0 Å². The molecule has 0 aromatic heterocycles. The van der Waals surface area contributed by atoms with Gasteiger partial charge in [0.2, 0.25) is 0 Å². The lowest BCUT2D eigenvalue weighted by molar-refractivity contribution is 0.394. The third-order valence-corrected chi connectivity index (χ3v) is 3.70. The third-order valence-electron chi connectivity index (χ3n) is 3.70. The lowest BCUT2D eigenvalue weighted by Crippen LogP contribution is -2.30. The van der Waals surface area contributed by atoms with Gasteiger partial charge in [-0.15, -0.1) is 0 Å². The Kier molecular flexibility index (Phi) is 4.11. The lowest BCUT2D eigenvalue weighted by atomic mass is 9.89. The molecule has 0 radical (unpaired) electrons. The normalized spacial score (nSPS) is 25.6. The topological polar surface area (TPSA) is 26.0 Å². The van der Waals surface area contributed by atoms with E-state index in [2.05, 4.69) is 0 Å². The van der Waals surface area contributed by atoms with Crippen molar-refractivity contribution in [2.45, 2.75) is 44.6 Å². The Morgan fingerprint density at radius 2 is 1.82 bits per heavy atom. The number of hydrogen-bond donors (Lipinski definition) is 1. The standard InChI is InChI=1S/C14H19F2N/c15-12-7-6-10(9-13(12)16)8-11-4-2-1-3-5-14(11)17/h6-7,9,11,14H,1-5,8,17H2. The molecule has 2 unspecified atom stereocenters. The van der Waals surface area contributed by atoms with Crippen molar-refractivity contribution in [3.63, 3.8) is 0 Å². The average Bonchev–Trinajstić information content (AvgIpc) is 2.50. The highest BCUT2D eigenvalue weighted by Crippen LogP contribution is 2.25. The summed E-state index contributed by atoms with van der Waals surface area (Å²) >= 11 is 0. The van der Waals surface area contributed by atoms with Gasteiger partial charge in [-0.05, 0) is 42.9 Å². The van der Waals surface area contributed by atoms with Gasteiger partial charge in [0, 0.05) is 6.04 Å². The van der Waals surface area contributed by atoms with Crippen LogP contribution in [0.5, 0.6) is 0 Å². The molecule has 94 valence electrons. The van der Waals surface area contributed by atoms with Gasteiger partial charge >= 0.3 is 0 Å². The summed E-state index contributed by atoms with van der Waals surface area (Å²) in [5.74, 6) is -1.13. The zero-order chi connectivity index (χ0) is 12.3. The predicted molar refractivity (Wildman–Crippen MR) is 64.6 cm³/mol. The molecule has 1 saturated carbocycles. The Labute approximate surface area is 101 Å². The van der Waals surface area contributed by atoms with Crippen LogP contribution < -0.4 is 5.73 Å². The van der Waals surface area contributed by atoms with Crippen molar-refractivity contribution in [2.75, 3.05) is 0 Å². The third kappa shape index (κ3) is 3.25. The molecule has 1 aliphatic rings. The summed E-state index contributed by atoms with van der Waals surface area (Å²) < 4.78 is 25.9. The van der Waals surface area contributed by atoms with Crippen molar-refractivity contribution in [2.24, 2.45) is 11.7 Å². The van der Waals surface area contributed by atoms with Gasteiger partial charge in [0.05, 0.1) is 0 Å². The first-order chi connectivity index (χ1) is 8.16. The van der Waals surface area contributed by atoms with Crippen molar-refractivity contribution in [1.29, 1.82) is 0 Å². The first kappa shape index (κ1) is 12.5. The maximum atomic E-state index is 13.1. The summed E-state index contributed by atoms with van der Waals surface area (Å²) in [5.41, 5.74) is 6.98. The molecule has 0 aliphatic heterocycles. The molecule has 1 fully saturated rings. The number of rotatable bonds is 2. The van der Waals surface area contributed by atoms with Gasteiger partial charge < -0.3 is 5.73 Å². The molecular formula is C14H19F2N. The van der Waals surface area contributed by atoms with Gasteiger partial charge in [0.1, 0.15) is 0 Å². The van der Waals surface area contributed by atoms with E-state index < -0.39 is 11.6 Å². The molecule has 0 saturated heterocycles. The molecule has 3 heteroatoms. The Hall–Kier alpha value is -0.960. The molecule has 2 atom stereocenters. The fraction of sp³-hybridized carbons (Fsp3) is 0.571. The van der Waals surface area contributed by atoms with E-state index in [-0.39, 0.29) is 6.04 Å². The molecular weight excluding hydrogens is 220 g/mol. The van der Waals surface area contributed by atoms with Crippen LogP contribution in [0.25, 0.3) is 0 Å². The molecule has 1 nitrogen and oxygen atoms in total. The molecule has 17 heavy (non-hydrogen) atoms. The Morgan fingerprint density at radius 3 is 2.59 bits per heavy atom. The minimum atomic E-state index is -0.779. The molecule has 0 spiro atoms. The van der Waals surface area contributed by atoms with Crippen molar-refractivity contribution >= 4 is 0 Å². The highest BCUT2D eigenvalue weighted by molar-refractivity contribution is 5.18. The van der Waals surface area contributed by atoms with Crippen LogP contribution in [0, 0.1) is 17.6 Å². The van der Waals surface area contributed by atoms with Crippen molar-refractivity contribution in [3.05, 3.63) is 35.4 Å². The van der Waals surface area contributed by atoms with Crippen LogP contribution in [0.15, 0.2) is 18.2 Å². The second-order valence-electron chi connectivity index (χ2n) is 5.01. The van der Waals surface area contributed by atoms with Gasteiger partial charge in [-0.1, -0.05) is 25.3 Å². The zero-order valence-corrected chi connectivity index (χ0v) is 9.96. The highest BCUT2D eigenvalue weighted by atomic mass is 19.2. The summed E-state index contributed by atoms with van der Waals surface area (Å²) in [6.45, 7) is 0. The van der Waals surface area contributed by atoms with E-state index in [1.54, 1.807) is 6.07 Å². The fourth-order valence-electron chi connectivity index (χ4n) is 2.64. The van der Waals surface area contributed by atoms with Gasteiger partial charge in [0.25, 0.3) is 0 Å². The maximum absolute atomic E-state index is 13.1. The Morgan fingerprint density at radius 1 is 1.06 bits per heavy atom. The van der Waals surface area contributed by atoms with Crippen LogP contribution in [0.4, 0.5) is 8.78 Å². The highest BCUT2D eigenvalue weighted by Gasteiger charge is 2.20. The fourth-order valence-corrected chi connectivity index (χ4v) is 2.64. The number of hydrogen-bond acceptors (Lipinski definition) is 1. The van der Waals surface area contributed by atoms with Crippen LogP contribution in [-0.2, 0) is 6.42 Å². The molecule has 1 aromatic rings. The molecule has 0 bridgehead atoms. The largest absolute Gasteiger partial charge is 0.327 e. The van der Waals surface area contributed by atoms with E-state index in [4.69, 9.17) is 5.73 Å². The van der Waals surface area contributed by atoms with E-state index in [1.807, 2.05) is 0 Å². The molecule has 1 aromatic carbocycles. The maximum Gasteiger partial charge on any atom is 0.159 e. The first-order valence-corrected chi connectivity index (χ1v) is 6.36. The van der Waals surface area contributed by atoms with E-state index >= 15 is 0 Å². The Bertz CT molecular complexity index is 378. The minimum absolute atomic E-state index is 0.200. The number of nitrogens with two attached hydrogens (primary N) is 1. The number of benzene rings is 1. The summed E-state index contributed by atoms with van der Waals surface area (Å²) in [6.07, 6.45) is 6.53. The molecule has 2 N–H and O–H groups in total. The quantitative estimate of drug-likeness (QED) is 0.786. The second kappa shape index (κ2) is 5.58. The van der Waals surface area contributed by atoms with Gasteiger partial charge in [-0.2, -0.15) is 0 Å².